The number of allylic oxidation sites excluding steroid dienone is 6. The van der Waals surface area contributed by atoms with Crippen molar-refractivity contribution in [2.75, 3.05) is 6.61 Å². The minimum Gasteiger partial charge on any atom is -0.394 e. The van der Waals surface area contributed by atoms with Gasteiger partial charge < -0.3 is 25.7 Å². The van der Waals surface area contributed by atoms with Gasteiger partial charge in [0.05, 0.1) is 18.8 Å². The van der Waals surface area contributed by atoms with Gasteiger partial charge in [-0.1, -0.05) is 288 Å². The van der Waals surface area contributed by atoms with E-state index in [-0.39, 0.29) is 0 Å². The summed E-state index contributed by atoms with van der Waals surface area (Å²) >= 11 is 0. The number of aliphatic hydroxyl groups excluding tert-OH is 4. The molecule has 0 bridgehead atoms. The van der Waals surface area contributed by atoms with Crippen LogP contribution in [0.4, 0.5) is 0 Å². The van der Waals surface area contributed by atoms with Crippen LogP contribution in [-0.2, 0) is 4.79 Å². The van der Waals surface area contributed by atoms with E-state index in [0.717, 1.165) is 51.4 Å². The average molecular weight is 945 g/mol. The molecule has 67 heavy (non-hydrogen) atoms. The van der Waals surface area contributed by atoms with E-state index >= 15 is 0 Å². The van der Waals surface area contributed by atoms with Gasteiger partial charge in [0.2, 0.25) is 5.91 Å². The fourth-order valence-corrected chi connectivity index (χ4v) is 9.38. The third-order valence-electron chi connectivity index (χ3n) is 14.1. The van der Waals surface area contributed by atoms with Crippen LogP contribution < -0.4 is 5.32 Å². The van der Waals surface area contributed by atoms with E-state index < -0.39 is 36.9 Å². The molecule has 0 aliphatic heterocycles. The van der Waals surface area contributed by atoms with Gasteiger partial charge in [-0.15, -0.1) is 0 Å². The van der Waals surface area contributed by atoms with Crippen molar-refractivity contribution in [1.82, 2.24) is 5.32 Å². The maximum atomic E-state index is 12.6. The van der Waals surface area contributed by atoms with Gasteiger partial charge in [-0.3, -0.25) is 4.79 Å². The van der Waals surface area contributed by atoms with Crippen LogP contribution in [0, 0.1) is 0 Å². The average Bonchev–Trinajstić information content (AvgIpc) is 3.33. The number of hydrogen-bond acceptors (Lipinski definition) is 5. The highest BCUT2D eigenvalue weighted by Gasteiger charge is 2.28. The number of carbonyl (C=O) groups is 1. The van der Waals surface area contributed by atoms with Crippen LogP contribution in [0.5, 0.6) is 0 Å². The number of carbonyl (C=O) groups excluding carboxylic acids is 1. The van der Waals surface area contributed by atoms with E-state index in [9.17, 15) is 25.2 Å². The highest BCUT2D eigenvalue weighted by Crippen LogP contribution is 2.18. The lowest BCUT2D eigenvalue weighted by Crippen LogP contribution is -2.53. The predicted molar refractivity (Wildman–Crippen MR) is 293 cm³/mol. The first-order valence-electron chi connectivity index (χ1n) is 29.9. The number of rotatable bonds is 55. The summed E-state index contributed by atoms with van der Waals surface area (Å²) in [7, 11) is 0. The largest absolute Gasteiger partial charge is 0.394 e. The van der Waals surface area contributed by atoms with Crippen molar-refractivity contribution in [3.8, 4) is 0 Å². The van der Waals surface area contributed by atoms with Crippen molar-refractivity contribution in [1.29, 1.82) is 0 Å². The molecule has 0 heterocycles. The molecule has 0 spiro atoms. The van der Waals surface area contributed by atoms with Crippen LogP contribution in [0.1, 0.15) is 316 Å². The van der Waals surface area contributed by atoms with Crippen LogP contribution in [0.2, 0.25) is 0 Å². The standard InChI is InChI=1S/C61H117NO5/c1-3-5-7-9-11-13-15-17-19-21-23-25-26-27-28-29-30-31-32-33-35-37-39-41-43-45-47-49-51-53-55-59(65)61(67)62-57(56-63)60(66)58(64)54-52-50-48-46-44-42-40-38-36-34-24-22-20-18-16-14-12-10-8-6-4-2/h22,24,38,40,46,48,57-60,63-66H,3-21,23,25-37,39,41-45,47,49-56H2,1-2H3,(H,62,67)/b24-22+,40-38+,48-46+. The van der Waals surface area contributed by atoms with E-state index in [1.807, 2.05) is 0 Å². The molecule has 0 saturated heterocycles. The lowest BCUT2D eigenvalue weighted by atomic mass is 10.00. The molecule has 0 aliphatic rings. The molecule has 0 aromatic rings. The first-order valence-corrected chi connectivity index (χ1v) is 29.9. The third kappa shape index (κ3) is 49.3. The molecule has 6 nitrogen and oxygen atoms in total. The Bertz CT molecular complexity index is 1060. The first kappa shape index (κ1) is 65.5. The monoisotopic (exact) mass is 944 g/mol. The zero-order valence-electron chi connectivity index (χ0n) is 44.9. The Morgan fingerprint density at radius 2 is 0.627 bits per heavy atom. The molecule has 4 atom stereocenters. The zero-order chi connectivity index (χ0) is 48.8. The molecule has 6 heteroatoms. The normalized spacial score (nSPS) is 13.9. The molecular formula is C61H117NO5. The number of amides is 1. The summed E-state index contributed by atoms with van der Waals surface area (Å²) in [4.78, 5) is 12.6. The van der Waals surface area contributed by atoms with Crippen molar-refractivity contribution >= 4 is 5.91 Å². The van der Waals surface area contributed by atoms with Crippen molar-refractivity contribution in [3.05, 3.63) is 36.5 Å². The van der Waals surface area contributed by atoms with Crippen LogP contribution >= 0.6 is 0 Å². The molecular weight excluding hydrogens is 827 g/mol. The second-order valence-electron chi connectivity index (χ2n) is 20.7. The van der Waals surface area contributed by atoms with Gasteiger partial charge in [0.1, 0.15) is 12.2 Å². The van der Waals surface area contributed by atoms with Crippen molar-refractivity contribution in [3.63, 3.8) is 0 Å². The van der Waals surface area contributed by atoms with E-state index in [2.05, 4.69) is 55.6 Å². The molecule has 0 radical (unpaired) electrons. The molecule has 0 aromatic carbocycles. The molecule has 5 N–H and O–H groups in total. The van der Waals surface area contributed by atoms with E-state index in [0.29, 0.717) is 19.3 Å². The minimum atomic E-state index is -1.29. The van der Waals surface area contributed by atoms with Crippen LogP contribution in [0.15, 0.2) is 36.5 Å². The Balaban J connectivity index is 3.63. The fraction of sp³-hybridized carbons (Fsp3) is 0.885. The lowest BCUT2D eigenvalue weighted by molar-refractivity contribution is -0.132. The second-order valence-corrected chi connectivity index (χ2v) is 20.7. The summed E-state index contributed by atoms with van der Waals surface area (Å²) in [5.41, 5.74) is 0. The molecule has 1 amide bonds. The SMILES string of the molecule is CCCCCCCCCC/C=C/CC/C=C/CC/C=C/CCCC(O)C(O)C(CO)NC(=O)C(O)CCCCCCCCCCCCCCCCCCCCCCCCCCCCCCCC. The van der Waals surface area contributed by atoms with Gasteiger partial charge in [0, 0.05) is 0 Å². The number of aliphatic hydroxyl groups is 4. The van der Waals surface area contributed by atoms with Crippen LogP contribution in [0.25, 0.3) is 0 Å². The first-order chi connectivity index (χ1) is 33.0. The maximum absolute atomic E-state index is 12.6. The smallest absolute Gasteiger partial charge is 0.249 e. The van der Waals surface area contributed by atoms with Gasteiger partial charge in [-0.05, 0) is 64.2 Å². The summed E-state index contributed by atoms with van der Waals surface area (Å²) in [6.45, 7) is 4.07. The van der Waals surface area contributed by atoms with Gasteiger partial charge >= 0.3 is 0 Å². The number of hydrogen-bond donors (Lipinski definition) is 5. The quantitative estimate of drug-likeness (QED) is 0.0308. The number of unbranched alkanes of at least 4 members (excludes halogenated alkanes) is 40. The molecule has 0 fully saturated rings. The molecule has 4 unspecified atom stereocenters. The maximum Gasteiger partial charge on any atom is 0.249 e. The van der Waals surface area contributed by atoms with Gasteiger partial charge in [0.25, 0.3) is 0 Å². The Kier molecular flexibility index (Phi) is 54.2. The van der Waals surface area contributed by atoms with Gasteiger partial charge in [-0.25, -0.2) is 0 Å². The third-order valence-corrected chi connectivity index (χ3v) is 14.1. The zero-order valence-corrected chi connectivity index (χ0v) is 44.9. The number of nitrogens with one attached hydrogen (secondary N) is 1. The highest BCUT2D eigenvalue weighted by molar-refractivity contribution is 5.80. The Labute approximate surface area is 417 Å². The molecule has 396 valence electrons. The molecule has 0 rings (SSSR count). The Hall–Kier alpha value is -1.47. The second kappa shape index (κ2) is 55.5. The van der Waals surface area contributed by atoms with Crippen molar-refractivity contribution in [2.24, 2.45) is 0 Å². The fourth-order valence-electron chi connectivity index (χ4n) is 9.38. The van der Waals surface area contributed by atoms with E-state index in [1.165, 1.54) is 231 Å². The minimum absolute atomic E-state index is 0.362. The summed E-state index contributed by atoms with van der Waals surface area (Å²) < 4.78 is 0. The summed E-state index contributed by atoms with van der Waals surface area (Å²) in [6.07, 6.45) is 69.4. The van der Waals surface area contributed by atoms with Gasteiger partial charge in [0.15, 0.2) is 0 Å². The topological polar surface area (TPSA) is 110 Å². The lowest BCUT2D eigenvalue weighted by Gasteiger charge is -2.27. The summed E-state index contributed by atoms with van der Waals surface area (Å²) in [5, 5.41) is 44.0. The summed E-state index contributed by atoms with van der Waals surface area (Å²) in [5.74, 6) is -0.594. The molecule has 0 aliphatic carbocycles. The van der Waals surface area contributed by atoms with E-state index in [4.69, 9.17) is 0 Å². The highest BCUT2D eigenvalue weighted by atomic mass is 16.3. The Morgan fingerprint density at radius 1 is 0.358 bits per heavy atom. The van der Waals surface area contributed by atoms with Crippen molar-refractivity contribution in [2.45, 2.75) is 340 Å². The van der Waals surface area contributed by atoms with Crippen LogP contribution in [0.3, 0.4) is 0 Å². The molecule has 0 aromatic heterocycles. The van der Waals surface area contributed by atoms with E-state index in [1.54, 1.807) is 0 Å². The predicted octanol–water partition coefficient (Wildman–Crippen LogP) is 17.6. The van der Waals surface area contributed by atoms with Crippen LogP contribution in [-0.4, -0.2) is 57.3 Å². The Morgan fingerprint density at radius 3 is 0.940 bits per heavy atom. The van der Waals surface area contributed by atoms with Gasteiger partial charge in [-0.2, -0.15) is 0 Å². The molecule has 0 saturated carbocycles. The van der Waals surface area contributed by atoms with Crippen molar-refractivity contribution < 1.29 is 25.2 Å². The summed E-state index contributed by atoms with van der Waals surface area (Å²) in [6, 6.07) is -1.01.